The number of hydrogen-bond acceptors (Lipinski definition) is 4. The summed E-state index contributed by atoms with van der Waals surface area (Å²) < 4.78 is 4.64. The predicted molar refractivity (Wildman–Crippen MR) is 41.6 cm³/mol. The highest BCUT2D eigenvalue weighted by molar-refractivity contribution is 6.28. The van der Waals surface area contributed by atoms with Crippen molar-refractivity contribution in [1.29, 1.82) is 0 Å². The number of ketones is 1. The number of esters is 1. The zero-order chi connectivity index (χ0) is 9.40. The molecular formula is C8H12O4. The topological polar surface area (TPSA) is 60.4 Å². The van der Waals surface area contributed by atoms with E-state index < -0.39 is 18.2 Å². The Hall–Kier alpha value is -1.19. The number of Topliss-reactive ketones (excluding diaryl/α,β-unsaturated/α-hetero) is 1. The summed E-state index contributed by atoms with van der Waals surface area (Å²) in [6.45, 7) is 2.28. The maximum atomic E-state index is 10.7. The molecule has 4 heteroatoms. The molecule has 0 aliphatic rings. The van der Waals surface area contributed by atoms with Gasteiger partial charge in [-0.05, 0) is 6.42 Å². The number of hydrogen-bond donors (Lipinski definition) is 0. The standard InChI is InChI=1S/C8H12O4/c1-2-3-4-12-8(11)5-7(10)6-9/h6H,2-5H2,1H3. The Labute approximate surface area is 70.9 Å². The lowest BCUT2D eigenvalue weighted by atomic mass is 10.3. The molecule has 0 spiro atoms. The van der Waals surface area contributed by atoms with Crippen LogP contribution in [0.2, 0.25) is 0 Å². The third-order valence-corrected chi connectivity index (χ3v) is 1.21. The monoisotopic (exact) mass is 172 g/mol. The minimum Gasteiger partial charge on any atom is -0.465 e. The fraction of sp³-hybridized carbons (Fsp3) is 0.625. The second-order valence-corrected chi connectivity index (χ2v) is 2.33. The summed E-state index contributed by atoms with van der Waals surface area (Å²) in [5.41, 5.74) is 0. The van der Waals surface area contributed by atoms with E-state index >= 15 is 0 Å². The SMILES string of the molecule is CCCCOC(=O)CC(=O)C=O. The molecule has 0 rings (SSSR count). The number of aldehydes is 1. The van der Waals surface area contributed by atoms with Crippen LogP contribution < -0.4 is 0 Å². The summed E-state index contributed by atoms with van der Waals surface area (Å²) in [5.74, 6) is -1.36. The van der Waals surface area contributed by atoms with Crippen LogP contribution in [0.3, 0.4) is 0 Å². The Kier molecular flexibility index (Phi) is 5.87. The molecule has 0 aliphatic carbocycles. The smallest absolute Gasteiger partial charge is 0.313 e. The van der Waals surface area contributed by atoms with Crippen molar-refractivity contribution >= 4 is 18.0 Å². The summed E-state index contributed by atoms with van der Waals surface area (Å²) in [7, 11) is 0. The second-order valence-electron chi connectivity index (χ2n) is 2.33. The third kappa shape index (κ3) is 5.58. The Morgan fingerprint density at radius 2 is 2.08 bits per heavy atom. The molecule has 0 aromatic rings. The van der Waals surface area contributed by atoms with Crippen molar-refractivity contribution in [2.24, 2.45) is 0 Å². The van der Waals surface area contributed by atoms with Gasteiger partial charge in [0.05, 0.1) is 6.61 Å². The maximum Gasteiger partial charge on any atom is 0.313 e. The lowest BCUT2D eigenvalue weighted by molar-refractivity contribution is -0.147. The maximum absolute atomic E-state index is 10.7. The van der Waals surface area contributed by atoms with E-state index in [1.165, 1.54) is 0 Å². The first-order valence-corrected chi connectivity index (χ1v) is 3.84. The van der Waals surface area contributed by atoms with E-state index in [1.807, 2.05) is 6.92 Å². The van der Waals surface area contributed by atoms with Gasteiger partial charge in [-0.1, -0.05) is 13.3 Å². The largest absolute Gasteiger partial charge is 0.465 e. The van der Waals surface area contributed by atoms with Crippen LogP contribution in [0.5, 0.6) is 0 Å². The molecule has 0 fully saturated rings. The molecule has 0 aliphatic heterocycles. The molecule has 0 aromatic carbocycles. The zero-order valence-electron chi connectivity index (χ0n) is 7.04. The van der Waals surface area contributed by atoms with Gasteiger partial charge >= 0.3 is 5.97 Å². The highest BCUT2D eigenvalue weighted by Crippen LogP contribution is 1.91. The van der Waals surface area contributed by atoms with Gasteiger partial charge in [-0.15, -0.1) is 0 Å². The van der Waals surface area contributed by atoms with Gasteiger partial charge < -0.3 is 4.74 Å². The predicted octanol–water partition coefficient (Wildman–Crippen LogP) is 0.488. The van der Waals surface area contributed by atoms with Gasteiger partial charge in [0.1, 0.15) is 6.42 Å². The summed E-state index contributed by atoms with van der Waals surface area (Å²) in [4.78, 5) is 30.9. The van der Waals surface area contributed by atoms with Crippen LogP contribution in [0, 0.1) is 0 Å². The van der Waals surface area contributed by atoms with Gasteiger partial charge in [0.2, 0.25) is 5.78 Å². The Morgan fingerprint density at radius 3 is 2.58 bits per heavy atom. The van der Waals surface area contributed by atoms with E-state index in [0.29, 0.717) is 6.61 Å². The number of carbonyl (C=O) groups is 3. The summed E-state index contributed by atoms with van der Waals surface area (Å²) in [5, 5.41) is 0. The molecule has 0 heterocycles. The normalized spacial score (nSPS) is 9.08. The van der Waals surface area contributed by atoms with Crippen LogP contribution in [0.25, 0.3) is 0 Å². The van der Waals surface area contributed by atoms with Gasteiger partial charge in [-0.3, -0.25) is 14.4 Å². The summed E-state index contributed by atoms with van der Waals surface area (Å²) >= 11 is 0. The van der Waals surface area contributed by atoms with Crippen molar-refractivity contribution in [3.63, 3.8) is 0 Å². The average Bonchev–Trinajstić information content (AvgIpc) is 2.05. The summed E-state index contributed by atoms with van der Waals surface area (Å²) in [6.07, 6.45) is 1.39. The van der Waals surface area contributed by atoms with Crippen molar-refractivity contribution < 1.29 is 19.1 Å². The van der Waals surface area contributed by atoms with E-state index in [9.17, 15) is 14.4 Å². The molecule has 0 unspecified atom stereocenters. The van der Waals surface area contributed by atoms with Gasteiger partial charge in [0.15, 0.2) is 6.29 Å². The van der Waals surface area contributed by atoms with E-state index in [1.54, 1.807) is 0 Å². The quantitative estimate of drug-likeness (QED) is 0.192. The molecular weight excluding hydrogens is 160 g/mol. The molecule has 0 bridgehead atoms. The van der Waals surface area contributed by atoms with Crippen LogP contribution in [0.15, 0.2) is 0 Å². The van der Waals surface area contributed by atoms with Crippen molar-refractivity contribution in [2.45, 2.75) is 26.2 Å². The number of unbranched alkanes of at least 4 members (excludes halogenated alkanes) is 1. The first kappa shape index (κ1) is 10.8. The highest BCUT2D eigenvalue weighted by atomic mass is 16.5. The first-order chi connectivity index (χ1) is 5.70. The number of carbonyl (C=O) groups excluding carboxylic acids is 3. The molecule has 4 nitrogen and oxygen atoms in total. The molecule has 0 saturated heterocycles. The van der Waals surface area contributed by atoms with E-state index in [2.05, 4.69) is 4.74 Å². The third-order valence-electron chi connectivity index (χ3n) is 1.21. The zero-order valence-corrected chi connectivity index (χ0v) is 7.04. The molecule has 68 valence electrons. The van der Waals surface area contributed by atoms with Crippen molar-refractivity contribution in [3.8, 4) is 0 Å². The minimum absolute atomic E-state index is 0.126. The van der Waals surface area contributed by atoms with E-state index in [4.69, 9.17) is 0 Å². The number of rotatable bonds is 6. The van der Waals surface area contributed by atoms with Crippen LogP contribution in [-0.2, 0) is 19.1 Å². The molecule has 0 saturated carbocycles. The van der Waals surface area contributed by atoms with Gasteiger partial charge in [0.25, 0.3) is 0 Å². The second kappa shape index (κ2) is 6.52. The number of ether oxygens (including phenoxy) is 1. The molecule has 0 aromatic heterocycles. The van der Waals surface area contributed by atoms with Crippen LogP contribution in [0.4, 0.5) is 0 Å². The summed E-state index contributed by atoms with van der Waals surface area (Å²) in [6, 6.07) is 0. The molecule has 12 heavy (non-hydrogen) atoms. The minimum atomic E-state index is -0.739. The molecule has 0 N–H and O–H groups in total. The van der Waals surface area contributed by atoms with Gasteiger partial charge in [-0.25, -0.2) is 0 Å². The van der Waals surface area contributed by atoms with Gasteiger partial charge in [-0.2, -0.15) is 0 Å². The fourth-order valence-corrected chi connectivity index (χ4v) is 0.565. The fourth-order valence-electron chi connectivity index (χ4n) is 0.565. The Morgan fingerprint density at radius 1 is 1.42 bits per heavy atom. The molecule has 0 amide bonds. The first-order valence-electron chi connectivity index (χ1n) is 3.84. The molecule has 0 atom stereocenters. The average molecular weight is 172 g/mol. The van der Waals surface area contributed by atoms with E-state index in [0.717, 1.165) is 12.8 Å². The van der Waals surface area contributed by atoms with Crippen molar-refractivity contribution in [1.82, 2.24) is 0 Å². The van der Waals surface area contributed by atoms with Crippen molar-refractivity contribution in [3.05, 3.63) is 0 Å². The molecule has 0 radical (unpaired) electrons. The lowest BCUT2D eigenvalue weighted by Gasteiger charge is -2.00. The van der Waals surface area contributed by atoms with Crippen LogP contribution >= 0.6 is 0 Å². The Bertz CT molecular complexity index is 174. The lowest BCUT2D eigenvalue weighted by Crippen LogP contribution is -2.12. The van der Waals surface area contributed by atoms with Crippen LogP contribution in [-0.4, -0.2) is 24.6 Å². The highest BCUT2D eigenvalue weighted by Gasteiger charge is 2.08. The van der Waals surface area contributed by atoms with Crippen molar-refractivity contribution in [2.75, 3.05) is 6.61 Å². The van der Waals surface area contributed by atoms with Crippen LogP contribution in [0.1, 0.15) is 26.2 Å². The Balaban J connectivity index is 3.46. The van der Waals surface area contributed by atoms with E-state index in [-0.39, 0.29) is 6.29 Å². The van der Waals surface area contributed by atoms with Gasteiger partial charge in [0, 0.05) is 0 Å².